The molecule has 0 amide bonds. The van der Waals surface area contributed by atoms with Crippen LogP contribution in [0.2, 0.25) is 0 Å². The zero-order valence-electron chi connectivity index (χ0n) is 6.75. The Hall–Kier alpha value is -0.980. The summed E-state index contributed by atoms with van der Waals surface area (Å²) in [6.45, 7) is 2.12. The molecule has 0 fully saturated rings. The van der Waals surface area contributed by atoms with Crippen molar-refractivity contribution in [1.82, 2.24) is 0 Å². The number of para-hydroxylation sites is 1. The summed E-state index contributed by atoms with van der Waals surface area (Å²) in [4.78, 5) is 0. The molecule has 0 aliphatic heterocycles. The summed E-state index contributed by atoms with van der Waals surface area (Å²) in [5.41, 5.74) is 0.939. The van der Waals surface area contributed by atoms with Crippen molar-refractivity contribution in [3.05, 3.63) is 36.2 Å². The Kier molecular flexibility index (Phi) is 2.96. The van der Waals surface area contributed by atoms with Gasteiger partial charge in [-0.2, -0.15) is 0 Å². The van der Waals surface area contributed by atoms with E-state index in [0.717, 1.165) is 18.4 Å². The van der Waals surface area contributed by atoms with Crippen LogP contribution in [-0.2, 0) is 0 Å². The molecule has 0 aromatic heterocycles. The Morgan fingerprint density at radius 1 is 1.36 bits per heavy atom. The van der Waals surface area contributed by atoms with E-state index in [9.17, 15) is 5.11 Å². The lowest BCUT2D eigenvalue weighted by atomic mass is 10.1. The van der Waals surface area contributed by atoms with E-state index < -0.39 is 0 Å². The molecule has 1 aromatic carbocycles. The predicted octanol–water partition coefficient (Wildman–Crippen LogP) is 2.74. The van der Waals surface area contributed by atoms with Crippen LogP contribution in [0.15, 0.2) is 24.3 Å². The molecule has 0 bridgehead atoms. The molecule has 1 aromatic rings. The van der Waals surface area contributed by atoms with Crippen molar-refractivity contribution in [2.75, 3.05) is 0 Å². The van der Waals surface area contributed by atoms with Crippen molar-refractivity contribution in [2.45, 2.75) is 19.8 Å². The number of benzene rings is 1. The molecule has 1 heteroatoms. The van der Waals surface area contributed by atoms with Gasteiger partial charge in [0.05, 0.1) is 0 Å². The molecule has 0 heterocycles. The highest BCUT2D eigenvalue weighted by Gasteiger charge is 1.97. The summed E-state index contributed by atoms with van der Waals surface area (Å²) >= 11 is 0. The van der Waals surface area contributed by atoms with Crippen LogP contribution in [0.25, 0.3) is 0 Å². The summed E-state index contributed by atoms with van der Waals surface area (Å²) in [6, 6.07) is 7.40. The average molecular weight is 149 g/mol. The fourth-order valence-corrected chi connectivity index (χ4v) is 0.960. The van der Waals surface area contributed by atoms with Crippen LogP contribution in [-0.4, -0.2) is 5.11 Å². The maximum atomic E-state index is 9.31. The van der Waals surface area contributed by atoms with Gasteiger partial charge >= 0.3 is 0 Å². The predicted molar refractivity (Wildman–Crippen MR) is 46.4 cm³/mol. The standard InChI is InChI=1S/C10H13O/c1-2-3-6-9-7-4-5-8-10(9)11/h4-8,11H,2-3H2,1H3. The van der Waals surface area contributed by atoms with Crippen LogP contribution in [0.3, 0.4) is 0 Å². The van der Waals surface area contributed by atoms with Crippen LogP contribution in [0.1, 0.15) is 25.3 Å². The molecule has 0 aliphatic carbocycles. The van der Waals surface area contributed by atoms with Crippen LogP contribution in [0.4, 0.5) is 0 Å². The summed E-state index contributed by atoms with van der Waals surface area (Å²) < 4.78 is 0. The zero-order valence-corrected chi connectivity index (χ0v) is 6.75. The number of phenols is 1. The van der Waals surface area contributed by atoms with Crippen molar-refractivity contribution in [3.63, 3.8) is 0 Å². The highest BCUT2D eigenvalue weighted by Crippen LogP contribution is 2.18. The maximum absolute atomic E-state index is 9.31. The fourth-order valence-electron chi connectivity index (χ4n) is 0.960. The second kappa shape index (κ2) is 4.02. The number of hydrogen-bond donors (Lipinski definition) is 1. The summed E-state index contributed by atoms with van der Waals surface area (Å²) in [5.74, 6) is 0.376. The number of rotatable bonds is 3. The minimum atomic E-state index is 0.376. The third-order valence-corrected chi connectivity index (χ3v) is 1.59. The van der Waals surface area contributed by atoms with Gasteiger partial charge in [-0.05, 0) is 24.5 Å². The Bertz CT molecular complexity index is 218. The fraction of sp³-hybridized carbons (Fsp3) is 0.300. The molecule has 1 rings (SSSR count). The highest BCUT2D eigenvalue weighted by molar-refractivity contribution is 5.36. The van der Waals surface area contributed by atoms with Gasteiger partial charge < -0.3 is 5.11 Å². The van der Waals surface area contributed by atoms with E-state index in [1.165, 1.54) is 0 Å². The summed E-state index contributed by atoms with van der Waals surface area (Å²) in [5, 5.41) is 9.31. The third-order valence-electron chi connectivity index (χ3n) is 1.59. The summed E-state index contributed by atoms with van der Waals surface area (Å²) in [6.07, 6.45) is 4.20. The Labute approximate surface area is 67.7 Å². The van der Waals surface area contributed by atoms with Gasteiger partial charge in [0.2, 0.25) is 0 Å². The van der Waals surface area contributed by atoms with Gasteiger partial charge in [0, 0.05) is 0 Å². The summed E-state index contributed by atoms with van der Waals surface area (Å²) in [7, 11) is 0. The molecule has 59 valence electrons. The van der Waals surface area contributed by atoms with Crippen molar-refractivity contribution in [3.8, 4) is 5.75 Å². The first kappa shape index (κ1) is 8.12. The van der Waals surface area contributed by atoms with Crippen LogP contribution in [0.5, 0.6) is 5.75 Å². The Morgan fingerprint density at radius 3 is 2.73 bits per heavy atom. The molecule has 0 saturated carbocycles. The van der Waals surface area contributed by atoms with Crippen LogP contribution >= 0.6 is 0 Å². The van der Waals surface area contributed by atoms with Gasteiger partial charge in [-0.25, -0.2) is 0 Å². The highest BCUT2D eigenvalue weighted by atomic mass is 16.3. The maximum Gasteiger partial charge on any atom is 0.119 e. The van der Waals surface area contributed by atoms with Crippen LogP contribution < -0.4 is 0 Å². The smallest absolute Gasteiger partial charge is 0.119 e. The molecule has 11 heavy (non-hydrogen) atoms. The first-order chi connectivity index (χ1) is 5.34. The molecule has 0 spiro atoms. The minimum Gasteiger partial charge on any atom is -0.508 e. The van der Waals surface area contributed by atoms with E-state index in [-0.39, 0.29) is 0 Å². The minimum absolute atomic E-state index is 0.376. The third kappa shape index (κ3) is 2.26. The quantitative estimate of drug-likeness (QED) is 0.700. The van der Waals surface area contributed by atoms with Crippen molar-refractivity contribution < 1.29 is 5.11 Å². The molecule has 1 nitrogen and oxygen atoms in total. The number of unbranched alkanes of at least 4 members (excludes halogenated alkanes) is 1. The van der Waals surface area contributed by atoms with Crippen molar-refractivity contribution in [1.29, 1.82) is 0 Å². The topological polar surface area (TPSA) is 20.2 Å². The average Bonchev–Trinajstić information content (AvgIpc) is 2.03. The second-order valence-electron chi connectivity index (χ2n) is 2.55. The van der Waals surface area contributed by atoms with E-state index in [2.05, 4.69) is 13.3 Å². The Balaban J connectivity index is 2.62. The Morgan fingerprint density at radius 2 is 2.09 bits per heavy atom. The molecule has 0 atom stereocenters. The van der Waals surface area contributed by atoms with Gasteiger partial charge in [0.25, 0.3) is 0 Å². The van der Waals surface area contributed by atoms with Crippen molar-refractivity contribution in [2.24, 2.45) is 0 Å². The molecule has 1 radical (unpaired) electrons. The first-order valence-electron chi connectivity index (χ1n) is 3.95. The largest absolute Gasteiger partial charge is 0.508 e. The van der Waals surface area contributed by atoms with Gasteiger partial charge in [0.15, 0.2) is 0 Å². The lowest BCUT2D eigenvalue weighted by Crippen LogP contribution is -1.81. The first-order valence-corrected chi connectivity index (χ1v) is 3.95. The molecular formula is C10H13O. The molecule has 1 N–H and O–H groups in total. The van der Waals surface area contributed by atoms with E-state index in [1.54, 1.807) is 6.07 Å². The second-order valence-corrected chi connectivity index (χ2v) is 2.55. The van der Waals surface area contributed by atoms with E-state index in [4.69, 9.17) is 0 Å². The van der Waals surface area contributed by atoms with E-state index >= 15 is 0 Å². The number of phenolic OH excluding ortho intramolecular Hbond substituents is 1. The van der Waals surface area contributed by atoms with Gasteiger partial charge in [-0.1, -0.05) is 31.5 Å². The molecule has 0 unspecified atom stereocenters. The van der Waals surface area contributed by atoms with Crippen LogP contribution in [0, 0.1) is 6.42 Å². The lowest BCUT2D eigenvalue weighted by molar-refractivity contribution is 0.471. The molecule has 0 aliphatic rings. The van der Waals surface area contributed by atoms with Gasteiger partial charge in [-0.15, -0.1) is 0 Å². The molecular weight excluding hydrogens is 136 g/mol. The van der Waals surface area contributed by atoms with E-state index in [0.29, 0.717) is 5.75 Å². The van der Waals surface area contributed by atoms with Crippen molar-refractivity contribution >= 4 is 0 Å². The lowest BCUT2D eigenvalue weighted by Gasteiger charge is -2.00. The zero-order chi connectivity index (χ0) is 8.10. The molecule has 0 saturated heterocycles. The SMILES string of the molecule is CCC[CH]c1ccccc1O. The monoisotopic (exact) mass is 149 g/mol. The number of hydrogen-bond acceptors (Lipinski definition) is 1. The normalized spacial score (nSPS) is 9.91. The number of aromatic hydroxyl groups is 1. The van der Waals surface area contributed by atoms with Gasteiger partial charge in [0.1, 0.15) is 5.75 Å². The van der Waals surface area contributed by atoms with Gasteiger partial charge in [-0.3, -0.25) is 0 Å². The van der Waals surface area contributed by atoms with E-state index in [1.807, 2.05) is 18.2 Å².